The monoisotopic (exact) mass is 418 g/mol. The molecule has 8 nitrogen and oxygen atoms in total. The van der Waals surface area contributed by atoms with Gasteiger partial charge in [-0.15, -0.1) is 0 Å². The first-order chi connectivity index (χ1) is 14.0. The van der Waals surface area contributed by atoms with E-state index >= 15 is 0 Å². The molecule has 0 spiro atoms. The molecule has 29 heavy (non-hydrogen) atoms. The van der Waals surface area contributed by atoms with Crippen LogP contribution in [0.4, 0.5) is 15.0 Å². The van der Waals surface area contributed by atoms with Crippen molar-refractivity contribution in [3.8, 4) is 11.4 Å². The van der Waals surface area contributed by atoms with E-state index in [1.54, 1.807) is 12.3 Å². The third kappa shape index (κ3) is 4.24. The Balaban J connectivity index is 1.55. The number of carbonyl (C=O) groups is 1. The van der Waals surface area contributed by atoms with Crippen LogP contribution < -0.4 is 10.6 Å². The predicted octanol–water partition coefficient (Wildman–Crippen LogP) is 4.05. The Morgan fingerprint density at radius 3 is 2.97 bits per heavy atom. The number of nitrogens with zero attached hydrogens (tertiary/aromatic N) is 3. The van der Waals surface area contributed by atoms with Crippen molar-refractivity contribution >= 4 is 34.5 Å². The summed E-state index contributed by atoms with van der Waals surface area (Å²) in [6, 6.07) is 1.60. The molecule has 0 saturated heterocycles. The van der Waals surface area contributed by atoms with Crippen LogP contribution in [0.5, 0.6) is 0 Å². The van der Waals surface area contributed by atoms with Gasteiger partial charge in [-0.05, 0) is 24.8 Å². The summed E-state index contributed by atoms with van der Waals surface area (Å²) in [5, 5.41) is 15.9. The number of pyridine rings is 1. The van der Waals surface area contributed by atoms with Gasteiger partial charge >= 0.3 is 6.09 Å². The number of aromatic amines is 1. The number of hydrogen-bond acceptors (Lipinski definition) is 5. The lowest BCUT2D eigenvalue weighted by Gasteiger charge is -2.31. The Kier molecular flexibility index (Phi) is 5.48. The van der Waals surface area contributed by atoms with Crippen LogP contribution >= 0.6 is 11.6 Å². The highest BCUT2D eigenvalue weighted by molar-refractivity contribution is 6.31. The topological polar surface area (TPSA) is 116 Å². The highest BCUT2D eigenvalue weighted by atomic mass is 35.5. The van der Waals surface area contributed by atoms with Gasteiger partial charge in [0.15, 0.2) is 17.5 Å². The fraction of sp³-hybridized carbons (Fsp3) is 0.368. The van der Waals surface area contributed by atoms with Crippen LogP contribution in [-0.2, 0) is 0 Å². The Hall–Kier alpha value is -2.94. The summed E-state index contributed by atoms with van der Waals surface area (Å²) in [6.07, 6.45) is 6.96. The second-order valence-electron chi connectivity index (χ2n) is 7.12. The van der Waals surface area contributed by atoms with Crippen LogP contribution in [0.15, 0.2) is 24.7 Å². The molecule has 4 rings (SSSR count). The molecular formula is C19H20ClFN6O2. The molecule has 10 heteroatoms. The molecule has 1 aliphatic carbocycles. The summed E-state index contributed by atoms with van der Waals surface area (Å²) >= 11 is 6.04. The minimum Gasteiger partial charge on any atom is -0.465 e. The standard InChI is InChI=1S/C19H20ClFN6O2/c20-11-5-12-13(8-24-16(12)23-7-11)17-25-9-14(21)18(27-17)22-6-10-3-1-2-4-15(10)26-19(28)29/h5,7-10,15,26H,1-4,6H2,(H,23,24)(H,28,29)(H,22,25,27)/t10-,15-/m1/s1. The first-order valence-corrected chi connectivity index (χ1v) is 9.78. The molecule has 0 radical (unpaired) electrons. The lowest BCUT2D eigenvalue weighted by Crippen LogP contribution is -2.44. The summed E-state index contributed by atoms with van der Waals surface area (Å²) in [4.78, 5) is 26.7. The third-order valence-electron chi connectivity index (χ3n) is 5.23. The molecule has 152 valence electrons. The van der Waals surface area contributed by atoms with Crippen molar-refractivity contribution in [2.75, 3.05) is 11.9 Å². The van der Waals surface area contributed by atoms with Crippen LogP contribution in [0.25, 0.3) is 22.4 Å². The molecule has 1 saturated carbocycles. The Labute approximate surface area is 170 Å². The summed E-state index contributed by atoms with van der Waals surface area (Å²) in [7, 11) is 0. The minimum absolute atomic E-state index is 0.0637. The second kappa shape index (κ2) is 8.20. The summed E-state index contributed by atoms with van der Waals surface area (Å²) in [5.41, 5.74) is 1.30. The fourth-order valence-corrected chi connectivity index (χ4v) is 3.97. The number of fused-ring (bicyclic) bond motifs is 1. The fourth-order valence-electron chi connectivity index (χ4n) is 3.81. The van der Waals surface area contributed by atoms with E-state index in [0.717, 1.165) is 37.3 Å². The number of rotatable bonds is 5. The molecule has 4 N–H and O–H groups in total. The number of carboxylic acid groups (broad SMARTS) is 1. The van der Waals surface area contributed by atoms with Crippen molar-refractivity contribution in [1.29, 1.82) is 0 Å². The maximum Gasteiger partial charge on any atom is 0.404 e. The van der Waals surface area contributed by atoms with E-state index in [9.17, 15) is 9.18 Å². The van der Waals surface area contributed by atoms with Crippen molar-refractivity contribution in [2.45, 2.75) is 31.7 Å². The molecule has 1 fully saturated rings. The van der Waals surface area contributed by atoms with Crippen molar-refractivity contribution in [1.82, 2.24) is 25.3 Å². The van der Waals surface area contributed by atoms with E-state index in [0.29, 0.717) is 28.6 Å². The molecule has 1 aliphatic rings. The third-order valence-corrected chi connectivity index (χ3v) is 5.44. The second-order valence-corrected chi connectivity index (χ2v) is 7.56. The van der Waals surface area contributed by atoms with Crippen molar-refractivity contribution in [3.05, 3.63) is 35.5 Å². The smallest absolute Gasteiger partial charge is 0.404 e. The van der Waals surface area contributed by atoms with E-state index in [2.05, 4.69) is 30.6 Å². The van der Waals surface area contributed by atoms with Gasteiger partial charge in [0.05, 0.1) is 11.2 Å². The maximum absolute atomic E-state index is 14.3. The SMILES string of the molecule is O=C(O)N[C@@H]1CCCC[C@@H]1CNc1nc(-c2c[nH]c3ncc(Cl)cc23)ncc1F. The molecule has 0 bridgehead atoms. The minimum atomic E-state index is -1.04. The number of anilines is 1. The lowest BCUT2D eigenvalue weighted by atomic mass is 9.84. The van der Waals surface area contributed by atoms with E-state index in [1.165, 1.54) is 6.20 Å². The van der Waals surface area contributed by atoms with E-state index < -0.39 is 11.9 Å². The molecule has 3 aromatic rings. The van der Waals surface area contributed by atoms with Gasteiger partial charge in [-0.25, -0.2) is 24.1 Å². The van der Waals surface area contributed by atoms with E-state index in [1.807, 2.05) is 0 Å². The number of aromatic nitrogens is 4. The van der Waals surface area contributed by atoms with Crippen molar-refractivity contribution < 1.29 is 14.3 Å². The molecule has 3 aromatic heterocycles. The normalized spacial score (nSPS) is 19.2. The van der Waals surface area contributed by atoms with Gasteiger partial charge in [0.1, 0.15) is 5.65 Å². The zero-order valence-electron chi connectivity index (χ0n) is 15.5. The maximum atomic E-state index is 14.3. The largest absolute Gasteiger partial charge is 0.465 e. The molecular weight excluding hydrogens is 399 g/mol. The predicted molar refractivity (Wildman–Crippen MR) is 107 cm³/mol. The van der Waals surface area contributed by atoms with Gasteiger partial charge in [-0.3, -0.25) is 0 Å². The zero-order chi connectivity index (χ0) is 20.4. The highest BCUT2D eigenvalue weighted by Crippen LogP contribution is 2.29. The molecule has 1 amide bonds. The van der Waals surface area contributed by atoms with Crippen molar-refractivity contribution in [3.63, 3.8) is 0 Å². The summed E-state index contributed by atoms with van der Waals surface area (Å²) in [6.45, 7) is 0.416. The van der Waals surface area contributed by atoms with Crippen LogP contribution in [0.3, 0.4) is 0 Å². The van der Waals surface area contributed by atoms with Gasteiger partial charge < -0.3 is 20.7 Å². The molecule has 0 aliphatic heterocycles. The summed E-state index contributed by atoms with van der Waals surface area (Å²) in [5.74, 6) is -0.0795. The Morgan fingerprint density at radius 1 is 1.31 bits per heavy atom. The highest BCUT2D eigenvalue weighted by Gasteiger charge is 2.26. The number of H-pyrrole nitrogens is 1. The Bertz CT molecular complexity index is 1040. The van der Waals surface area contributed by atoms with Gasteiger partial charge in [-0.2, -0.15) is 0 Å². The van der Waals surface area contributed by atoms with Gasteiger partial charge in [-0.1, -0.05) is 24.4 Å². The molecule has 2 atom stereocenters. The number of nitrogens with one attached hydrogen (secondary N) is 3. The van der Waals surface area contributed by atoms with Crippen LogP contribution in [0.1, 0.15) is 25.7 Å². The molecule has 3 heterocycles. The first-order valence-electron chi connectivity index (χ1n) is 9.40. The first kappa shape index (κ1) is 19.4. The van der Waals surface area contributed by atoms with Gasteiger partial charge in [0.25, 0.3) is 0 Å². The summed E-state index contributed by atoms with van der Waals surface area (Å²) < 4.78 is 14.3. The van der Waals surface area contributed by atoms with Crippen LogP contribution in [-0.4, -0.2) is 43.7 Å². The van der Waals surface area contributed by atoms with Gasteiger partial charge in [0.2, 0.25) is 0 Å². The van der Waals surface area contributed by atoms with Crippen molar-refractivity contribution in [2.24, 2.45) is 5.92 Å². The van der Waals surface area contributed by atoms with Crippen LogP contribution in [0.2, 0.25) is 5.02 Å². The number of hydrogen-bond donors (Lipinski definition) is 4. The Morgan fingerprint density at radius 2 is 2.14 bits per heavy atom. The zero-order valence-corrected chi connectivity index (χ0v) is 16.2. The van der Waals surface area contributed by atoms with E-state index in [4.69, 9.17) is 16.7 Å². The number of amides is 1. The quantitative estimate of drug-likeness (QED) is 0.496. The average molecular weight is 419 g/mol. The average Bonchev–Trinajstić information content (AvgIpc) is 3.11. The van der Waals surface area contributed by atoms with Gasteiger partial charge in [0, 0.05) is 35.9 Å². The number of halogens is 2. The lowest BCUT2D eigenvalue weighted by molar-refractivity contribution is 0.177. The van der Waals surface area contributed by atoms with Crippen LogP contribution in [0, 0.1) is 11.7 Å². The molecule has 0 aromatic carbocycles. The van der Waals surface area contributed by atoms with E-state index in [-0.39, 0.29) is 17.8 Å². The molecule has 0 unspecified atom stereocenters.